The van der Waals surface area contributed by atoms with E-state index < -0.39 is 0 Å². The van der Waals surface area contributed by atoms with E-state index in [4.69, 9.17) is 5.73 Å². The third-order valence-electron chi connectivity index (χ3n) is 4.78. The molecule has 0 saturated heterocycles. The highest BCUT2D eigenvalue weighted by atomic mass is 35.5. The summed E-state index contributed by atoms with van der Waals surface area (Å²) in [6.45, 7) is 2.82. The molecule has 1 amide bonds. The molecule has 2 aliphatic rings. The van der Waals surface area contributed by atoms with Crippen molar-refractivity contribution in [1.82, 2.24) is 5.32 Å². The molecule has 0 aromatic heterocycles. The van der Waals surface area contributed by atoms with Crippen LogP contribution in [0.4, 0.5) is 0 Å². The Hall–Kier alpha value is -0.280. The first-order chi connectivity index (χ1) is 8.16. The predicted molar refractivity (Wildman–Crippen MR) is 76.8 cm³/mol. The van der Waals surface area contributed by atoms with E-state index in [1.807, 2.05) is 0 Å². The van der Waals surface area contributed by atoms with Crippen LogP contribution >= 0.6 is 12.4 Å². The molecule has 4 heteroatoms. The molecule has 2 aliphatic carbocycles. The maximum atomic E-state index is 12.4. The highest BCUT2D eigenvalue weighted by Gasteiger charge is 2.40. The number of hydrogen-bond acceptors (Lipinski definition) is 2. The lowest BCUT2D eigenvalue weighted by Crippen LogP contribution is -2.48. The summed E-state index contributed by atoms with van der Waals surface area (Å²) in [5.74, 6) is 1.06. The van der Waals surface area contributed by atoms with Crippen molar-refractivity contribution in [2.75, 3.05) is 6.54 Å². The van der Waals surface area contributed by atoms with E-state index in [1.165, 1.54) is 12.8 Å². The number of amides is 1. The van der Waals surface area contributed by atoms with Crippen LogP contribution in [0.5, 0.6) is 0 Å². The fourth-order valence-electron chi connectivity index (χ4n) is 3.32. The standard InChI is InChI=1S/C14H26N2O.ClH/c1-11-4-6-12(7-5-11)16-13(17)14(10-15)8-2-3-9-14;/h11-12H,2-10,15H2,1H3,(H,16,17);1H. The van der Waals surface area contributed by atoms with Crippen LogP contribution in [0, 0.1) is 11.3 Å². The smallest absolute Gasteiger partial charge is 0.227 e. The Labute approximate surface area is 117 Å². The Bertz CT molecular complexity index is 269. The number of halogens is 1. The number of rotatable bonds is 3. The van der Waals surface area contributed by atoms with Gasteiger partial charge in [-0.15, -0.1) is 12.4 Å². The molecule has 0 aliphatic heterocycles. The van der Waals surface area contributed by atoms with Gasteiger partial charge in [0.15, 0.2) is 0 Å². The Morgan fingerprint density at radius 1 is 1.22 bits per heavy atom. The topological polar surface area (TPSA) is 55.1 Å². The van der Waals surface area contributed by atoms with Crippen LogP contribution in [-0.4, -0.2) is 18.5 Å². The summed E-state index contributed by atoms with van der Waals surface area (Å²) in [5.41, 5.74) is 5.60. The third-order valence-corrected chi connectivity index (χ3v) is 4.78. The lowest BCUT2D eigenvalue weighted by Gasteiger charge is -2.32. The second kappa shape index (κ2) is 6.76. The second-order valence-corrected chi connectivity index (χ2v) is 6.12. The summed E-state index contributed by atoms with van der Waals surface area (Å²) < 4.78 is 0. The van der Waals surface area contributed by atoms with Gasteiger partial charge >= 0.3 is 0 Å². The minimum Gasteiger partial charge on any atom is -0.353 e. The molecule has 0 aromatic carbocycles. The lowest BCUT2D eigenvalue weighted by atomic mass is 9.83. The fourth-order valence-corrected chi connectivity index (χ4v) is 3.32. The SMILES string of the molecule is CC1CCC(NC(=O)C2(CN)CCCC2)CC1.Cl. The maximum absolute atomic E-state index is 12.4. The highest BCUT2D eigenvalue weighted by molar-refractivity contribution is 5.85. The zero-order valence-electron chi connectivity index (χ0n) is 11.4. The third kappa shape index (κ3) is 3.39. The van der Waals surface area contributed by atoms with E-state index in [1.54, 1.807) is 0 Å². The van der Waals surface area contributed by atoms with Crippen molar-refractivity contribution in [1.29, 1.82) is 0 Å². The summed E-state index contributed by atoms with van der Waals surface area (Å²) in [5, 5.41) is 3.25. The van der Waals surface area contributed by atoms with Crippen molar-refractivity contribution in [2.24, 2.45) is 17.1 Å². The molecule has 0 heterocycles. The van der Waals surface area contributed by atoms with Crippen LogP contribution in [0.3, 0.4) is 0 Å². The summed E-state index contributed by atoms with van der Waals surface area (Å²) >= 11 is 0. The van der Waals surface area contributed by atoms with Crippen molar-refractivity contribution < 1.29 is 4.79 Å². The van der Waals surface area contributed by atoms with Gasteiger partial charge in [-0.1, -0.05) is 19.8 Å². The van der Waals surface area contributed by atoms with Gasteiger partial charge in [0.2, 0.25) is 5.91 Å². The first kappa shape index (κ1) is 15.8. The minimum absolute atomic E-state index is 0. The lowest BCUT2D eigenvalue weighted by molar-refractivity contribution is -0.131. The summed E-state index contributed by atoms with van der Waals surface area (Å²) in [4.78, 5) is 12.4. The van der Waals surface area contributed by atoms with Gasteiger partial charge in [-0.05, 0) is 44.4 Å². The summed E-state index contributed by atoms with van der Waals surface area (Å²) in [7, 11) is 0. The van der Waals surface area contributed by atoms with Crippen LogP contribution in [0.1, 0.15) is 58.3 Å². The second-order valence-electron chi connectivity index (χ2n) is 6.12. The molecule has 18 heavy (non-hydrogen) atoms. The molecule has 106 valence electrons. The molecule has 0 atom stereocenters. The Balaban J connectivity index is 0.00000162. The summed E-state index contributed by atoms with van der Waals surface area (Å²) in [6.07, 6.45) is 9.08. The zero-order chi connectivity index (χ0) is 12.3. The molecule has 2 rings (SSSR count). The number of nitrogens with two attached hydrogens (primary N) is 1. The van der Waals surface area contributed by atoms with E-state index in [2.05, 4.69) is 12.2 Å². The van der Waals surface area contributed by atoms with Gasteiger partial charge in [-0.2, -0.15) is 0 Å². The number of carbonyl (C=O) groups excluding carboxylic acids is 1. The van der Waals surface area contributed by atoms with Crippen molar-refractivity contribution in [3.8, 4) is 0 Å². The van der Waals surface area contributed by atoms with Gasteiger partial charge in [0.1, 0.15) is 0 Å². The van der Waals surface area contributed by atoms with Crippen molar-refractivity contribution in [2.45, 2.75) is 64.3 Å². The predicted octanol–water partition coefficient (Wildman–Crippen LogP) is 2.62. The molecule has 3 nitrogen and oxygen atoms in total. The Kier molecular flexibility index (Phi) is 5.93. The average molecular weight is 275 g/mol. The molecular weight excluding hydrogens is 248 g/mol. The van der Waals surface area contributed by atoms with Crippen molar-refractivity contribution in [3.05, 3.63) is 0 Å². The van der Waals surface area contributed by atoms with Gasteiger partial charge in [0.05, 0.1) is 5.41 Å². The van der Waals surface area contributed by atoms with Crippen LogP contribution < -0.4 is 11.1 Å². The number of nitrogens with one attached hydrogen (secondary N) is 1. The van der Waals surface area contributed by atoms with E-state index in [9.17, 15) is 4.79 Å². The van der Waals surface area contributed by atoms with Gasteiger partial charge in [0, 0.05) is 12.6 Å². The van der Waals surface area contributed by atoms with Crippen LogP contribution in [0.25, 0.3) is 0 Å². The van der Waals surface area contributed by atoms with E-state index in [-0.39, 0.29) is 23.7 Å². The number of hydrogen-bond donors (Lipinski definition) is 2. The normalized spacial score (nSPS) is 30.6. The molecule has 0 spiro atoms. The largest absolute Gasteiger partial charge is 0.353 e. The molecule has 0 unspecified atom stereocenters. The molecule has 2 saturated carbocycles. The number of carbonyl (C=O) groups is 1. The van der Waals surface area contributed by atoms with Gasteiger partial charge in [-0.25, -0.2) is 0 Å². The first-order valence-corrected chi connectivity index (χ1v) is 7.17. The fraction of sp³-hybridized carbons (Fsp3) is 0.929. The van der Waals surface area contributed by atoms with E-state index in [0.717, 1.165) is 44.4 Å². The molecule has 0 aromatic rings. The van der Waals surface area contributed by atoms with E-state index in [0.29, 0.717) is 12.6 Å². The van der Waals surface area contributed by atoms with E-state index >= 15 is 0 Å². The Morgan fingerprint density at radius 2 is 1.78 bits per heavy atom. The highest BCUT2D eigenvalue weighted by Crippen LogP contribution is 2.37. The van der Waals surface area contributed by atoms with Gasteiger partial charge in [-0.3, -0.25) is 4.79 Å². The molecule has 2 fully saturated rings. The summed E-state index contributed by atoms with van der Waals surface area (Å²) in [6, 6.07) is 0.405. The average Bonchev–Trinajstić information content (AvgIpc) is 2.82. The van der Waals surface area contributed by atoms with Crippen LogP contribution in [0.2, 0.25) is 0 Å². The molecule has 3 N–H and O–H groups in total. The zero-order valence-corrected chi connectivity index (χ0v) is 12.2. The van der Waals surface area contributed by atoms with Crippen LogP contribution in [-0.2, 0) is 4.79 Å². The Morgan fingerprint density at radius 3 is 2.28 bits per heavy atom. The molecule has 0 radical (unpaired) electrons. The first-order valence-electron chi connectivity index (χ1n) is 7.17. The monoisotopic (exact) mass is 274 g/mol. The van der Waals surface area contributed by atoms with Crippen molar-refractivity contribution in [3.63, 3.8) is 0 Å². The van der Waals surface area contributed by atoms with Crippen LogP contribution in [0.15, 0.2) is 0 Å². The van der Waals surface area contributed by atoms with Crippen molar-refractivity contribution >= 4 is 18.3 Å². The molecule has 0 bridgehead atoms. The maximum Gasteiger partial charge on any atom is 0.227 e. The minimum atomic E-state index is -0.233. The van der Waals surface area contributed by atoms with Gasteiger partial charge < -0.3 is 11.1 Å². The molecular formula is C14H27ClN2O. The van der Waals surface area contributed by atoms with Gasteiger partial charge in [0.25, 0.3) is 0 Å². The quantitative estimate of drug-likeness (QED) is 0.831.